The second kappa shape index (κ2) is 6.36. The number of hydrogen-bond acceptors (Lipinski definition) is 4. The van der Waals surface area contributed by atoms with Gasteiger partial charge in [-0.2, -0.15) is 13.2 Å². The molecule has 0 saturated heterocycles. The summed E-state index contributed by atoms with van der Waals surface area (Å²) in [6.45, 7) is 0. The van der Waals surface area contributed by atoms with Gasteiger partial charge in [-0.25, -0.2) is 4.79 Å². The van der Waals surface area contributed by atoms with Crippen LogP contribution in [0.2, 0.25) is 5.02 Å². The third-order valence-electron chi connectivity index (χ3n) is 3.00. The van der Waals surface area contributed by atoms with Gasteiger partial charge in [0.15, 0.2) is 0 Å². The van der Waals surface area contributed by atoms with Crippen molar-refractivity contribution in [1.29, 1.82) is 0 Å². The van der Waals surface area contributed by atoms with Gasteiger partial charge in [0, 0.05) is 11.8 Å². The molecule has 6 nitrogen and oxygen atoms in total. The highest BCUT2D eigenvalue weighted by Crippen LogP contribution is 2.36. The number of anilines is 2. The van der Waals surface area contributed by atoms with Crippen LogP contribution < -0.4 is 5.32 Å². The fourth-order valence-electron chi connectivity index (χ4n) is 1.89. The molecule has 0 unspecified atom stereocenters. The van der Waals surface area contributed by atoms with Crippen molar-refractivity contribution >= 4 is 34.6 Å². The fraction of sp³-hybridized carbons (Fsp3) is 0.0714. The van der Waals surface area contributed by atoms with Crippen LogP contribution in [0.5, 0.6) is 0 Å². The quantitative estimate of drug-likeness (QED) is 0.608. The molecule has 0 spiro atoms. The summed E-state index contributed by atoms with van der Waals surface area (Å²) in [6.07, 6.45) is -4.71. The molecule has 10 heteroatoms. The number of nitro benzene ring substituents is 1. The first-order valence-corrected chi connectivity index (χ1v) is 6.63. The Kier molecular flexibility index (Phi) is 4.65. The zero-order valence-corrected chi connectivity index (χ0v) is 12.4. The number of aromatic carboxylic acids is 1. The third kappa shape index (κ3) is 3.74. The lowest BCUT2D eigenvalue weighted by Gasteiger charge is -2.11. The van der Waals surface area contributed by atoms with Crippen molar-refractivity contribution in [2.24, 2.45) is 0 Å². The van der Waals surface area contributed by atoms with E-state index < -0.39 is 28.3 Å². The number of hydrogen-bond donors (Lipinski definition) is 2. The van der Waals surface area contributed by atoms with Crippen molar-refractivity contribution < 1.29 is 28.0 Å². The zero-order chi connectivity index (χ0) is 18.1. The Hall–Kier alpha value is -2.81. The topological polar surface area (TPSA) is 92.5 Å². The molecule has 126 valence electrons. The maximum absolute atomic E-state index is 12.6. The van der Waals surface area contributed by atoms with Gasteiger partial charge in [0.2, 0.25) is 0 Å². The number of alkyl halides is 3. The van der Waals surface area contributed by atoms with Gasteiger partial charge < -0.3 is 10.4 Å². The summed E-state index contributed by atoms with van der Waals surface area (Å²) in [4.78, 5) is 20.9. The van der Waals surface area contributed by atoms with Crippen molar-refractivity contribution in [3.8, 4) is 0 Å². The van der Waals surface area contributed by atoms with Crippen LogP contribution in [0.3, 0.4) is 0 Å². The van der Waals surface area contributed by atoms with E-state index in [-0.39, 0.29) is 22.0 Å². The van der Waals surface area contributed by atoms with Crippen LogP contribution in [0.4, 0.5) is 30.2 Å². The number of carboxylic acid groups (broad SMARTS) is 1. The van der Waals surface area contributed by atoms with E-state index in [9.17, 15) is 28.1 Å². The largest absolute Gasteiger partial charge is 0.478 e. The van der Waals surface area contributed by atoms with Crippen LogP contribution in [0, 0.1) is 10.1 Å². The summed E-state index contributed by atoms with van der Waals surface area (Å²) >= 11 is 5.77. The molecule has 0 bridgehead atoms. The van der Waals surface area contributed by atoms with Crippen molar-refractivity contribution in [3.63, 3.8) is 0 Å². The molecule has 0 aliphatic rings. The molecule has 0 atom stereocenters. The molecule has 0 radical (unpaired) electrons. The first kappa shape index (κ1) is 17.5. The Morgan fingerprint density at radius 1 is 1.21 bits per heavy atom. The lowest BCUT2D eigenvalue weighted by molar-refractivity contribution is -0.384. The van der Waals surface area contributed by atoms with Crippen molar-refractivity contribution in [2.45, 2.75) is 6.18 Å². The molecule has 0 aromatic heterocycles. The van der Waals surface area contributed by atoms with Gasteiger partial charge in [-0.15, -0.1) is 0 Å². The molecular formula is C14H8ClF3N2O4. The van der Waals surface area contributed by atoms with Gasteiger partial charge in [-0.05, 0) is 30.3 Å². The van der Waals surface area contributed by atoms with Gasteiger partial charge in [0.1, 0.15) is 5.69 Å². The number of nitrogens with zero attached hydrogens (tertiary/aromatic N) is 1. The molecule has 0 heterocycles. The van der Waals surface area contributed by atoms with Gasteiger partial charge in [-0.3, -0.25) is 10.1 Å². The highest BCUT2D eigenvalue weighted by atomic mass is 35.5. The lowest BCUT2D eigenvalue weighted by Crippen LogP contribution is -2.07. The molecule has 0 aliphatic carbocycles. The Morgan fingerprint density at radius 2 is 1.88 bits per heavy atom. The number of halogens is 4. The number of carbonyl (C=O) groups is 1. The van der Waals surface area contributed by atoms with Crippen LogP contribution in [0.25, 0.3) is 0 Å². The average molecular weight is 361 g/mol. The zero-order valence-electron chi connectivity index (χ0n) is 11.6. The van der Waals surface area contributed by atoms with E-state index in [1.807, 2.05) is 0 Å². The average Bonchev–Trinajstić information content (AvgIpc) is 2.45. The summed E-state index contributed by atoms with van der Waals surface area (Å²) < 4.78 is 37.9. The summed E-state index contributed by atoms with van der Waals surface area (Å²) in [5, 5.41) is 22.3. The Bertz CT molecular complexity index is 824. The number of nitrogens with one attached hydrogen (secondary N) is 1. The van der Waals surface area contributed by atoms with E-state index in [4.69, 9.17) is 16.7 Å². The molecule has 24 heavy (non-hydrogen) atoms. The maximum atomic E-state index is 12.6. The summed E-state index contributed by atoms with van der Waals surface area (Å²) in [7, 11) is 0. The predicted octanol–water partition coefficient (Wildman–Crippen LogP) is 4.71. The van der Waals surface area contributed by atoms with Gasteiger partial charge >= 0.3 is 12.1 Å². The number of nitro groups is 1. The first-order valence-electron chi connectivity index (χ1n) is 6.25. The fourth-order valence-corrected chi connectivity index (χ4v) is 2.15. The minimum Gasteiger partial charge on any atom is -0.478 e. The first-order chi connectivity index (χ1) is 11.1. The molecule has 2 rings (SSSR count). The van der Waals surface area contributed by atoms with E-state index in [1.165, 1.54) is 18.2 Å². The number of benzene rings is 2. The molecule has 0 saturated carbocycles. The van der Waals surface area contributed by atoms with Crippen LogP contribution in [-0.2, 0) is 6.18 Å². The van der Waals surface area contributed by atoms with Crippen molar-refractivity contribution in [1.82, 2.24) is 0 Å². The highest BCUT2D eigenvalue weighted by molar-refractivity contribution is 6.33. The number of rotatable bonds is 4. The van der Waals surface area contributed by atoms with Crippen LogP contribution in [0.15, 0.2) is 36.4 Å². The van der Waals surface area contributed by atoms with E-state index in [0.29, 0.717) is 12.1 Å². The Labute approximate surface area is 137 Å². The lowest BCUT2D eigenvalue weighted by atomic mass is 10.1. The molecule has 2 aromatic carbocycles. The van der Waals surface area contributed by atoms with E-state index in [2.05, 4.69) is 5.32 Å². The number of carboxylic acids is 1. The van der Waals surface area contributed by atoms with Crippen LogP contribution >= 0.6 is 11.6 Å². The third-order valence-corrected chi connectivity index (χ3v) is 3.31. The second-order valence-corrected chi connectivity index (χ2v) is 5.02. The molecule has 0 fully saturated rings. The van der Waals surface area contributed by atoms with Gasteiger partial charge in [0.25, 0.3) is 5.69 Å². The van der Waals surface area contributed by atoms with Crippen LogP contribution in [-0.4, -0.2) is 16.0 Å². The maximum Gasteiger partial charge on any atom is 0.416 e. The minimum absolute atomic E-state index is 0.123. The Morgan fingerprint density at radius 3 is 2.38 bits per heavy atom. The molecule has 0 amide bonds. The molecule has 2 aromatic rings. The van der Waals surface area contributed by atoms with Crippen molar-refractivity contribution in [2.75, 3.05) is 5.32 Å². The second-order valence-electron chi connectivity index (χ2n) is 4.61. The summed E-state index contributed by atoms with van der Waals surface area (Å²) in [5.41, 5.74) is -2.11. The van der Waals surface area contributed by atoms with E-state index >= 15 is 0 Å². The smallest absolute Gasteiger partial charge is 0.416 e. The van der Waals surface area contributed by atoms with Gasteiger partial charge in [0.05, 0.1) is 21.1 Å². The van der Waals surface area contributed by atoms with Crippen molar-refractivity contribution in [3.05, 3.63) is 62.7 Å². The van der Waals surface area contributed by atoms with Crippen LogP contribution in [0.1, 0.15) is 15.9 Å². The summed E-state index contributed by atoms with van der Waals surface area (Å²) in [6, 6.07) is 5.68. The molecule has 0 aliphatic heterocycles. The minimum atomic E-state index is -4.71. The SMILES string of the molecule is O=C(O)c1ccc(Nc2ccc(C(F)(F)F)cc2[N+](=O)[O-])cc1Cl. The Balaban J connectivity index is 2.41. The van der Waals surface area contributed by atoms with E-state index in [0.717, 1.165) is 6.07 Å². The standard InChI is InChI=1S/C14H8ClF3N2O4/c15-10-6-8(2-3-9(10)13(21)22)19-11-4-1-7(14(16,17)18)5-12(11)20(23)24/h1-6,19H,(H,21,22). The predicted molar refractivity (Wildman–Crippen MR) is 79.8 cm³/mol. The highest BCUT2D eigenvalue weighted by Gasteiger charge is 2.33. The van der Waals surface area contributed by atoms with Gasteiger partial charge in [-0.1, -0.05) is 11.6 Å². The van der Waals surface area contributed by atoms with E-state index in [1.54, 1.807) is 0 Å². The normalized spacial score (nSPS) is 11.2. The molecular weight excluding hydrogens is 353 g/mol. The monoisotopic (exact) mass is 360 g/mol. The molecule has 2 N–H and O–H groups in total. The summed E-state index contributed by atoms with van der Waals surface area (Å²) in [5.74, 6) is -1.26.